The van der Waals surface area contributed by atoms with Crippen molar-refractivity contribution >= 4 is 0 Å². The number of pyridine rings is 1. The van der Waals surface area contributed by atoms with Crippen LogP contribution in [0.15, 0.2) is 40.5 Å². The van der Waals surface area contributed by atoms with Gasteiger partial charge >= 0.3 is 0 Å². The monoisotopic (exact) mass is 438 g/mol. The standard InChI is InChI=1S/C24H30N4O4/c1-6-27(7-2)11-12-28-15(3)13-19-21(24(28)29)20(17(14-25)23(26)32-19)16-9-8-10-18(30-4)22(16)31-5/h8-10,13,20H,6-7,11-12,26H2,1-5H3/t20-/m1/s1. The van der Waals surface area contributed by atoms with E-state index < -0.39 is 5.92 Å². The number of allylic oxidation sites excluding steroid dienone is 1. The van der Waals surface area contributed by atoms with E-state index in [2.05, 4.69) is 24.8 Å². The molecule has 3 rings (SSSR count). The fourth-order valence-electron chi connectivity index (χ4n) is 4.20. The Labute approximate surface area is 188 Å². The first-order chi connectivity index (χ1) is 15.4. The molecule has 32 heavy (non-hydrogen) atoms. The molecule has 0 saturated heterocycles. The van der Waals surface area contributed by atoms with Gasteiger partial charge in [0.1, 0.15) is 17.4 Å². The summed E-state index contributed by atoms with van der Waals surface area (Å²) in [6, 6.07) is 9.31. The molecule has 2 N–H and O–H groups in total. The number of nitrogens with two attached hydrogens (primary N) is 1. The summed E-state index contributed by atoms with van der Waals surface area (Å²) in [6.07, 6.45) is 0. The van der Waals surface area contributed by atoms with E-state index in [0.29, 0.717) is 34.9 Å². The Morgan fingerprint density at radius 1 is 1.25 bits per heavy atom. The topological polar surface area (TPSA) is 103 Å². The maximum absolute atomic E-state index is 13.7. The molecule has 2 aromatic rings. The highest BCUT2D eigenvalue weighted by Gasteiger charge is 2.36. The van der Waals surface area contributed by atoms with E-state index in [1.54, 1.807) is 29.9 Å². The van der Waals surface area contributed by atoms with Crippen LogP contribution in [0.5, 0.6) is 17.2 Å². The lowest BCUT2D eigenvalue weighted by Crippen LogP contribution is -2.36. The molecular formula is C24H30N4O4. The van der Waals surface area contributed by atoms with Crippen LogP contribution in [-0.2, 0) is 6.54 Å². The minimum atomic E-state index is -0.735. The second-order valence-electron chi connectivity index (χ2n) is 7.55. The largest absolute Gasteiger partial charge is 0.493 e. The minimum absolute atomic E-state index is 0.0189. The highest BCUT2D eigenvalue weighted by Crippen LogP contribution is 2.46. The molecule has 0 spiro atoms. The smallest absolute Gasteiger partial charge is 0.258 e. The maximum Gasteiger partial charge on any atom is 0.258 e. The summed E-state index contributed by atoms with van der Waals surface area (Å²) in [5.74, 6) is 0.556. The van der Waals surface area contributed by atoms with Crippen LogP contribution in [0.25, 0.3) is 0 Å². The van der Waals surface area contributed by atoms with Gasteiger partial charge in [-0.15, -0.1) is 0 Å². The maximum atomic E-state index is 13.7. The molecule has 0 amide bonds. The van der Waals surface area contributed by atoms with E-state index in [4.69, 9.17) is 19.9 Å². The second-order valence-corrected chi connectivity index (χ2v) is 7.55. The van der Waals surface area contributed by atoms with E-state index in [9.17, 15) is 10.1 Å². The first-order valence-electron chi connectivity index (χ1n) is 10.7. The number of aryl methyl sites for hydroxylation is 1. The van der Waals surface area contributed by atoms with Crippen molar-refractivity contribution < 1.29 is 14.2 Å². The molecule has 0 aliphatic carbocycles. The van der Waals surface area contributed by atoms with Gasteiger partial charge in [-0.2, -0.15) is 5.26 Å². The van der Waals surface area contributed by atoms with Gasteiger partial charge in [0.15, 0.2) is 11.5 Å². The molecule has 1 atom stereocenters. The van der Waals surface area contributed by atoms with Crippen molar-refractivity contribution in [2.75, 3.05) is 33.9 Å². The van der Waals surface area contributed by atoms with E-state index in [-0.39, 0.29) is 17.0 Å². The van der Waals surface area contributed by atoms with Crippen LogP contribution >= 0.6 is 0 Å². The zero-order valence-electron chi connectivity index (χ0n) is 19.3. The Bertz CT molecular complexity index is 1130. The number of para-hydroxylation sites is 1. The van der Waals surface area contributed by atoms with Gasteiger partial charge in [-0.1, -0.05) is 26.0 Å². The van der Waals surface area contributed by atoms with Gasteiger partial charge in [-0.3, -0.25) is 4.79 Å². The summed E-state index contributed by atoms with van der Waals surface area (Å²) < 4.78 is 18.5. The van der Waals surface area contributed by atoms with E-state index >= 15 is 0 Å². The van der Waals surface area contributed by atoms with Gasteiger partial charge in [0.2, 0.25) is 5.88 Å². The van der Waals surface area contributed by atoms with Gasteiger partial charge in [-0.25, -0.2) is 0 Å². The number of methoxy groups -OCH3 is 2. The summed E-state index contributed by atoms with van der Waals surface area (Å²) in [6.45, 7) is 9.13. The third kappa shape index (κ3) is 4.04. The average molecular weight is 439 g/mol. The Kier molecular flexibility index (Phi) is 7.11. The minimum Gasteiger partial charge on any atom is -0.493 e. The summed E-state index contributed by atoms with van der Waals surface area (Å²) in [7, 11) is 3.07. The highest BCUT2D eigenvalue weighted by molar-refractivity contribution is 5.60. The van der Waals surface area contributed by atoms with Crippen molar-refractivity contribution in [1.82, 2.24) is 9.47 Å². The second kappa shape index (κ2) is 9.79. The van der Waals surface area contributed by atoms with Gasteiger partial charge < -0.3 is 29.4 Å². The molecule has 0 bridgehead atoms. The molecule has 8 heteroatoms. The molecule has 0 radical (unpaired) electrons. The number of hydrogen-bond acceptors (Lipinski definition) is 7. The predicted molar refractivity (Wildman–Crippen MR) is 122 cm³/mol. The van der Waals surface area contributed by atoms with Crippen LogP contribution < -0.4 is 25.5 Å². The number of rotatable bonds is 8. The molecule has 8 nitrogen and oxygen atoms in total. The SMILES string of the molecule is CCN(CC)CCn1c(C)cc2c(c1=O)[C@H](c1cccc(OC)c1OC)C(C#N)=C(N)O2. The third-order valence-electron chi connectivity index (χ3n) is 5.97. The van der Waals surface area contributed by atoms with E-state index in [1.165, 1.54) is 7.11 Å². The first kappa shape index (κ1) is 23.2. The summed E-state index contributed by atoms with van der Waals surface area (Å²) in [5.41, 5.74) is 7.83. The van der Waals surface area contributed by atoms with Crippen molar-refractivity contribution in [2.24, 2.45) is 5.73 Å². The summed E-state index contributed by atoms with van der Waals surface area (Å²) in [4.78, 5) is 16.0. The Morgan fingerprint density at radius 2 is 1.97 bits per heavy atom. The highest BCUT2D eigenvalue weighted by atomic mass is 16.5. The Morgan fingerprint density at radius 3 is 2.56 bits per heavy atom. The molecule has 1 aliphatic heterocycles. The summed E-state index contributed by atoms with van der Waals surface area (Å²) >= 11 is 0. The number of fused-ring (bicyclic) bond motifs is 1. The van der Waals surface area contributed by atoms with Crippen LogP contribution in [0, 0.1) is 18.3 Å². The van der Waals surface area contributed by atoms with Crippen molar-refractivity contribution in [2.45, 2.75) is 33.2 Å². The molecule has 1 aromatic heterocycles. The van der Waals surface area contributed by atoms with Gasteiger partial charge in [0, 0.05) is 30.4 Å². The molecular weight excluding hydrogens is 408 g/mol. The molecule has 2 heterocycles. The predicted octanol–water partition coefficient (Wildman–Crippen LogP) is 2.73. The van der Waals surface area contributed by atoms with Crippen LogP contribution in [0.1, 0.15) is 36.6 Å². The zero-order chi connectivity index (χ0) is 23.4. The van der Waals surface area contributed by atoms with Crippen LogP contribution in [0.3, 0.4) is 0 Å². The molecule has 0 fully saturated rings. The lowest BCUT2D eigenvalue weighted by molar-refractivity contribution is 0.287. The Hall–Kier alpha value is -3.44. The molecule has 0 unspecified atom stereocenters. The Balaban J connectivity index is 2.24. The average Bonchev–Trinajstić information content (AvgIpc) is 2.79. The number of benzene rings is 1. The fourth-order valence-corrected chi connectivity index (χ4v) is 4.20. The van der Waals surface area contributed by atoms with Crippen LogP contribution in [-0.4, -0.2) is 43.3 Å². The number of likely N-dealkylation sites (N-methyl/N-ethyl adjacent to an activating group) is 1. The number of nitriles is 1. The fraction of sp³-hybridized carbons (Fsp3) is 0.417. The number of aromatic nitrogens is 1. The van der Waals surface area contributed by atoms with Crippen molar-refractivity contribution in [3.05, 3.63) is 62.9 Å². The number of ether oxygens (including phenoxy) is 3. The van der Waals surface area contributed by atoms with Crippen molar-refractivity contribution in [3.63, 3.8) is 0 Å². The van der Waals surface area contributed by atoms with Gasteiger partial charge in [-0.05, 0) is 26.1 Å². The zero-order valence-corrected chi connectivity index (χ0v) is 19.3. The van der Waals surface area contributed by atoms with Gasteiger partial charge in [0.25, 0.3) is 5.56 Å². The van der Waals surface area contributed by atoms with Crippen LogP contribution in [0.4, 0.5) is 0 Å². The number of hydrogen-bond donors (Lipinski definition) is 1. The first-order valence-corrected chi connectivity index (χ1v) is 10.7. The molecule has 1 aliphatic rings. The quantitative estimate of drug-likeness (QED) is 0.676. The number of nitrogens with zero attached hydrogens (tertiary/aromatic N) is 3. The van der Waals surface area contributed by atoms with Crippen molar-refractivity contribution in [1.29, 1.82) is 5.26 Å². The lowest BCUT2D eigenvalue weighted by Gasteiger charge is -2.29. The normalized spacial score (nSPS) is 15.2. The molecule has 170 valence electrons. The molecule has 0 saturated carbocycles. The summed E-state index contributed by atoms with van der Waals surface area (Å²) in [5, 5.41) is 9.91. The van der Waals surface area contributed by atoms with E-state index in [1.807, 2.05) is 13.0 Å². The molecule has 1 aromatic carbocycles. The van der Waals surface area contributed by atoms with Crippen molar-refractivity contribution in [3.8, 4) is 23.3 Å². The van der Waals surface area contributed by atoms with E-state index in [0.717, 1.165) is 25.3 Å². The lowest BCUT2D eigenvalue weighted by atomic mass is 9.83. The third-order valence-corrected chi connectivity index (χ3v) is 5.97. The van der Waals surface area contributed by atoms with Gasteiger partial charge in [0.05, 0.1) is 25.7 Å². The van der Waals surface area contributed by atoms with Crippen LogP contribution in [0.2, 0.25) is 0 Å².